The number of hydrogen-bond acceptors (Lipinski definition) is 1. The Balaban J connectivity index is 1.88. The zero-order chi connectivity index (χ0) is 14.4. The molecule has 0 amide bonds. The molecule has 108 valence electrons. The SMILES string of the molecule is CCn1c2ccccc2c2cc([C@@H](N)CC3CC3)ccc21. The second-order valence-corrected chi connectivity index (χ2v) is 6.32. The third-order valence-corrected chi connectivity index (χ3v) is 4.82. The summed E-state index contributed by atoms with van der Waals surface area (Å²) in [6.07, 6.45) is 3.87. The molecule has 2 heteroatoms. The van der Waals surface area contributed by atoms with Crippen molar-refractivity contribution in [2.24, 2.45) is 11.7 Å². The van der Waals surface area contributed by atoms with Crippen molar-refractivity contribution in [1.82, 2.24) is 4.57 Å². The van der Waals surface area contributed by atoms with Gasteiger partial charge in [-0.3, -0.25) is 0 Å². The Hall–Kier alpha value is -1.80. The topological polar surface area (TPSA) is 30.9 Å². The van der Waals surface area contributed by atoms with E-state index in [4.69, 9.17) is 5.73 Å². The molecule has 21 heavy (non-hydrogen) atoms. The van der Waals surface area contributed by atoms with E-state index in [1.54, 1.807) is 0 Å². The summed E-state index contributed by atoms with van der Waals surface area (Å²) < 4.78 is 2.39. The number of rotatable bonds is 4. The van der Waals surface area contributed by atoms with Gasteiger partial charge in [-0.1, -0.05) is 37.1 Å². The van der Waals surface area contributed by atoms with E-state index < -0.39 is 0 Å². The van der Waals surface area contributed by atoms with Crippen molar-refractivity contribution in [3.05, 3.63) is 48.0 Å². The maximum absolute atomic E-state index is 6.40. The van der Waals surface area contributed by atoms with E-state index >= 15 is 0 Å². The highest BCUT2D eigenvalue weighted by Gasteiger charge is 2.24. The van der Waals surface area contributed by atoms with E-state index in [1.165, 1.54) is 40.2 Å². The van der Waals surface area contributed by atoms with Gasteiger partial charge < -0.3 is 10.3 Å². The van der Waals surface area contributed by atoms with Crippen molar-refractivity contribution in [3.8, 4) is 0 Å². The van der Waals surface area contributed by atoms with Crippen molar-refractivity contribution >= 4 is 21.8 Å². The first kappa shape index (κ1) is 12.9. The average Bonchev–Trinajstić information content (AvgIpc) is 3.27. The summed E-state index contributed by atoms with van der Waals surface area (Å²) in [4.78, 5) is 0. The lowest BCUT2D eigenvalue weighted by atomic mass is 10.00. The highest BCUT2D eigenvalue weighted by molar-refractivity contribution is 6.08. The van der Waals surface area contributed by atoms with Crippen molar-refractivity contribution in [1.29, 1.82) is 0 Å². The summed E-state index contributed by atoms with van der Waals surface area (Å²) >= 11 is 0. The lowest BCUT2D eigenvalue weighted by Crippen LogP contribution is -2.10. The Kier molecular flexibility index (Phi) is 3.00. The molecule has 2 nitrogen and oxygen atoms in total. The number of hydrogen-bond donors (Lipinski definition) is 1. The normalized spacial score (nSPS) is 16.7. The fraction of sp³-hybridized carbons (Fsp3) is 0.368. The van der Waals surface area contributed by atoms with Gasteiger partial charge >= 0.3 is 0 Å². The second-order valence-electron chi connectivity index (χ2n) is 6.32. The predicted molar refractivity (Wildman–Crippen MR) is 89.4 cm³/mol. The van der Waals surface area contributed by atoms with Crippen molar-refractivity contribution in [2.75, 3.05) is 0 Å². The molecule has 1 fully saturated rings. The Labute approximate surface area is 125 Å². The number of para-hydroxylation sites is 1. The largest absolute Gasteiger partial charge is 0.341 e. The fourth-order valence-electron chi connectivity index (χ4n) is 3.49. The lowest BCUT2D eigenvalue weighted by Gasteiger charge is -2.12. The molecular weight excluding hydrogens is 256 g/mol. The summed E-state index contributed by atoms with van der Waals surface area (Å²) in [5.41, 5.74) is 10.3. The van der Waals surface area contributed by atoms with E-state index in [0.717, 1.165) is 18.9 Å². The molecule has 0 bridgehead atoms. The second kappa shape index (κ2) is 4.88. The van der Waals surface area contributed by atoms with Crippen LogP contribution in [0, 0.1) is 5.92 Å². The highest BCUT2D eigenvalue weighted by Crippen LogP contribution is 2.38. The lowest BCUT2D eigenvalue weighted by molar-refractivity contribution is 0.597. The number of benzene rings is 2. The van der Waals surface area contributed by atoms with Gasteiger partial charge in [0.2, 0.25) is 0 Å². The van der Waals surface area contributed by atoms with Gasteiger partial charge in [0.1, 0.15) is 0 Å². The van der Waals surface area contributed by atoms with Gasteiger partial charge in [0.15, 0.2) is 0 Å². The Morgan fingerprint density at radius 3 is 2.62 bits per heavy atom. The van der Waals surface area contributed by atoms with Gasteiger partial charge in [-0.2, -0.15) is 0 Å². The molecule has 0 unspecified atom stereocenters. The maximum Gasteiger partial charge on any atom is 0.0491 e. The number of fused-ring (bicyclic) bond motifs is 3. The van der Waals surface area contributed by atoms with Crippen LogP contribution in [-0.2, 0) is 6.54 Å². The molecule has 1 heterocycles. The van der Waals surface area contributed by atoms with E-state index in [1.807, 2.05) is 0 Å². The minimum Gasteiger partial charge on any atom is -0.341 e. The Morgan fingerprint density at radius 1 is 1.10 bits per heavy atom. The van der Waals surface area contributed by atoms with E-state index in [-0.39, 0.29) is 6.04 Å². The third kappa shape index (κ3) is 2.14. The van der Waals surface area contributed by atoms with Gasteiger partial charge in [0.25, 0.3) is 0 Å². The highest BCUT2D eigenvalue weighted by atomic mass is 15.0. The monoisotopic (exact) mass is 278 g/mol. The quantitative estimate of drug-likeness (QED) is 0.742. The van der Waals surface area contributed by atoms with Gasteiger partial charge in [0.05, 0.1) is 0 Å². The van der Waals surface area contributed by atoms with Crippen LogP contribution in [0.2, 0.25) is 0 Å². The standard InChI is InChI=1S/C19H22N2/c1-2-21-18-6-4-3-5-15(18)16-12-14(9-10-19(16)21)17(20)11-13-7-8-13/h3-6,9-10,12-13,17H,2,7-8,11,20H2,1H3/t17-/m0/s1. The van der Waals surface area contributed by atoms with Gasteiger partial charge in [-0.15, -0.1) is 0 Å². The zero-order valence-electron chi connectivity index (χ0n) is 12.5. The Morgan fingerprint density at radius 2 is 1.86 bits per heavy atom. The molecule has 0 saturated heterocycles. The summed E-state index contributed by atoms with van der Waals surface area (Å²) in [5.74, 6) is 0.868. The van der Waals surface area contributed by atoms with Crippen LogP contribution < -0.4 is 5.73 Å². The summed E-state index contributed by atoms with van der Waals surface area (Å²) in [6, 6.07) is 15.7. The van der Waals surface area contributed by atoms with E-state index in [0.29, 0.717) is 0 Å². The van der Waals surface area contributed by atoms with Crippen LogP contribution in [-0.4, -0.2) is 4.57 Å². The first-order valence-electron chi connectivity index (χ1n) is 8.04. The Bertz CT molecular complexity index is 796. The van der Waals surface area contributed by atoms with Gasteiger partial charge in [0, 0.05) is 34.4 Å². The molecule has 1 atom stereocenters. The number of aryl methyl sites for hydroxylation is 1. The molecule has 2 N–H and O–H groups in total. The summed E-state index contributed by atoms with van der Waals surface area (Å²) in [5, 5.41) is 2.69. The van der Waals surface area contributed by atoms with Crippen molar-refractivity contribution in [2.45, 2.75) is 38.8 Å². The minimum atomic E-state index is 0.186. The molecule has 1 aliphatic rings. The van der Waals surface area contributed by atoms with Gasteiger partial charge in [-0.05, 0) is 43.0 Å². The molecule has 0 radical (unpaired) electrons. The molecule has 1 saturated carbocycles. The number of nitrogens with zero attached hydrogens (tertiary/aromatic N) is 1. The van der Waals surface area contributed by atoms with Crippen LogP contribution in [0.5, 0.6) is 0 Å². The van der Waals surface area contributed by atoms with Gasteiger partial charge in [-0.25, -0.2) is 0 Å². The molecule has 2 aromatic carbocycles. The fourth-order valence-corrected chi connectivity index (χ4v) is 3.49. The third-order valence-electron chi connectivity index (χ3n) is 4.82. The predicted octanol–water partition coefficient (Wildman–Crippen LogP) is 4.61. The summed E-state index contributed by atoms with van der Waals surface area (Å²) in [7, 11) is 0. The van der Waals surface area contributed by atoms with Crippen LogP contribution in [0.4, 0.5) is 0 Å². The van der Waals surface area contributed by atoms with E-state index in [9.17, 15) is 0 Å². The van der Waals surface area contributed by atoms with Crippen LogP contribution in [0.3, 0.4) is 0 Å². The number of aromatic nitrogens is 1. The maximum atomic E-state index is 6.40. The molecule has 0 spiro atoms. The molecule has 1 aromatic heterocycles. The van der Waals surface area contributed by atoms with Crippen molar-refractivity contribution < 1.29 is 0 Å². The summed E-state index contributed by atoms with van der Waals surface area (Å²) in [6.45, 7) is 3.20. The van der Waals surface area contributed by atoms with E-state index in [2.05, 4.69) is 54.0 Å². The zero-order valence-corrected chi connectivity index (χ0v) is 12.5. The minimum absolute atomic E-state index is 0.186. The first-order chi connectivity index (χ1) is 10.3. The number of nitrogens with two attached hydrogens (primary N) is 1. The van der Waals surface area contributed by atoms with Crippen LogP contribution in [0.15, 0.2) is 42.5 Å². The first-order valence-corrected chi connectivity index (χ1v) is 8.04. The smallest absolute Gasteiger partial charge is 0.0491 e. The molecule has 3 aromatic rings. The van der Waals surface area contributed by atoms with Crippen LogP contribution in [0.25, 0.3) is 21.8 Å². The molecular formula is C19H22N2. The molecule has 1 aliphatic carbocycles. The van der Waals surface area contributed by atoms with Crippen LogP contribution >= 0.6 is 0 Å². The van der Waals surface area contributed by atoms with Crippen LogP contribution in [0.1, 0.15) is 37.8 Å². The van der Waals surface area contributed by atoms with Crippen molar-refractivity contribution in [3.63, 3.8) is 0 Å². The molecule has 4 rings (SSSR count). The molecule has 0 aliphatic heterocycles. The average molecular weight is 278 g/mol.